The maximum Gasteiger partial charge on any atom is 0.196 e. The number of ether oxygens (including phenoxy) is 1. The Morgan fingerprint density at radius 3 is 2.45 bits per heavy atom. The number of nitrogens with zero attached hydrogens (tertiary/aromatic N) is 2. The van der Waals surface area contributed by atoms with Gasteiger partial charge in [-0.2, -0.15) is 5.10 Å². The first-order chi connectivity index (χ1) is 9.59. The maximum absolute atomic E-state index is 11.7. The molecule has 0 radical (unpaired) electrons. The van der Waals surface area contributed by atoms with Gasteiger partial charge in [0.05, 0.1) is 28.9 Å². The van der Waals surface area contributed by atoms with Crippen LogP contribution in [0.5, 0.6) is 0 Å². The number of hydrazone groups is 1. The molecule has 1 aliphatic heterocycles. The summed E-state index contributed by atoms with van der Waals surface area (Å²) >= 11 is 12.1. The monoisotopic (exact) mass is 315 g/mol. The lowest BCUT2D eigenvalue weighted by Crippen LogP contribution is -2.44. The number of rotatable bonds is 3. The second-order valence-corrected chi connectivity index (χ2v) is 5.11. The van der Waals surface area contributed by atoms with Gasteiger partial charge in [0, 0.05) is 20.0 Å². The van der Waals surface area contributed by atoms with E-state index in [2.05, 4.69) is 10.5 Å². The number of ketones is 1. The first-order valence-electron chi connectivity index (χ1n) is 6.21. The molecule has 0 spiro atoms. The molecule has 1 heterocycles. The van der Waals surface area contributed by atoms with Gasteiger partial charge in [-0.1, -0.05) is 29.3 Å². The predicted molar refractivity (Wildman–Crippen MR) is 80.6 cm³/mol. The average Bonchev–Trinajstić information content (AvgIpc) is 2.43. The fourth-order valence-corrected chi connectivity index (χ4v) is 2.34. The van der Waals surface area contributed by atoms with Crippen molar-refractivity contribution in [3.8, 4) is 0 Å². The van der Waals surface area contributed by atoms with E-state index in [1.807, 2.05) is 4.90 Å². The number of carbonyl (C=O) groups excluding carboxylic acids is 1. The van der Waals surface area contributed by atoms with Crippen molar-refractivity contribution in [2.45, 2.75) is 6.92 Å². The van der Waals surface area contributed by atoms with E-state index in [4.69, 9.17) is 27.9 Å². The molecule has 108 valence electrons. The summed E-state index contributed by atoms with van der Waals surface area (Å²) in [6.45, 7) is 3.91. The van der Waals surface area contributed by atoms with Gasteiger partial charge < -0.3 is 9.64 Å². The molecular weight excluding hydrogens is 301 g/mol. The largest absolute Gasteiger partial charge is 0.378 e. The van der Waals surface area contributed by atoms with Gasteiger partial charge in [0.25, 0.3) is 0 Å². The number of carbonyl (C=O) groups is 1. The molecule has 0 saturated carbocycles. The Morgan fingerprint density at radius 1 is 1.30 bits per heavy atom. The van der Waals surface area contributed by atoms with Crippen LogP contribution in [0.1, 0.15) is 6.92 Å². The van der Waals surface area contributed by atoms with Crippen molar-refractivity contribution in [2.24, 2.45) is 5.10 Å². The van der Waals surface area contributed by atoms with Gasteiger partial charge in [0.2, 0.25) is 0 Å². The summed E-state index contributed by atoms with van der Waals surface area (Å²) in [5, 5.41) is 5.06. The zero-order valence-corrected chi connectivity index (χ0v) is 12.5. The second kappa shape index (κ2) is 6.92. The zero-order valence-electron chi connectivity index (χ0n) is 11.0. The SMILES string of the molecule is CC(=O)/C(=N\Nc1c(Cl)cccc1Cl)N1CCOCC1. The minimum Gasteiger partial charge on any atom is -0.378 e. The molecule has 20 heavy (non-hydrogen) atoms. The lowest BCUT2D eigenvalue weighted by atomic mass is 10.3. The van der Waals surface area contributed by atoms with Crippen molar-refractivity contribution in [1.82, 2.24) is 4.90 Å². The zero-order chi connectivity index (χ0) is 14.5. The molecule has 0 atom stereocenters. The molecule has 0 amide bonds. The van der Waals surface area contributed by atoms with Crippen LogP contribution in [-0.4, -0.2) is 42.8 Å². The molecule has 1 aliphatic rings. The number of hydrogen-bond acceptors (Lipinski definition) is 4. The Morgan fingerprint density at radius 2 is 1.90 bits per heavy atom. The van der Waals surface area contributed by atoms with Crippen LogP contribution in [0.4, 0.5) is 5.69 Å². The van der Waals surface area contributed by atoms with Crippen molar-refractivity contribution in [3.05, 3.63) is 28.2 Å². The van der Waals surface area contributed by atoms with E-state index in [0.29, 0.717) is 47.9 Å². The van der Waals surface area contributed by atoms with Crippen molar-refractivity contribution >= 4 is 40.5 Å². The lowest BCUT2D eigenvalue weighted by molar-refractivity contribution is -0.112. The van der Waals surface area contributed by atoms with Gasteiger partial charge in [-0.25, -0.2) is 0 Å². The smallest absolute Gasteiger partial charge is 0.196 e. The first kappa shape index (κ1) is 15.1. The van der Waals surface area contributed by atoms with Gasteiger partial charge in [-0.05, 0) is 12.1 Å². The standard InChI is InChI=1S/C13H15Cl2N3O2/c1-9(19)13(18-5-7-20-8-6-18)17-16-12-10(14)3-2-4-11(12)15/h2-4,16H,5-8H2,1H3/b17-13+. The van der Waals surface area contributed by atoms with Crippen molar-refractivity contribution in [2.75, 3.05) is 31.7 Å². The number of morpholine rings is 1. The highest BCUT2D eigenvalue weighted by molar-refractivity contribution is 6.40. The molecule has 0 bridgehead atoms. The minimum absolute atomic E-state index is 0.123. The fourth-order valence-electron chi connectivity index (χ4n) is 1.86. The predicted octanol–water partition coefficient (Wildman–Crippen LogP) is 2.64. The summed E-state index contributed by atoms with van der Waals surface area (Å²) in [4.78, 5) is 13.6. The van der Waals surface area contributed by atoms with E-state index in [1.165, 1.54) is 6.92 Å². The molecule has 5 nitrogen and oxygen atoms in total. The third-order valence-corrected chi connectivity index (χ3v) is 3.49. The highest BCUT2D eigenvalue weighted by Crippen LogP contribution is 2.29. The maximum atomic E-state index is 11.7. The van der Waals surface area contributed by atoms with Crippen LogP contribution in [0, 0.1) is 0 Å². The van der Waals surface area contributed by atoms with E-state index in [9.17, 15) is 4.79 Å². The van der Waals surface area contributed by atoms with Crippen molar-refractivity contribution in [3.63, 3.8) is 0 Å². The van der Waals surface area contributed by atoms with Gasteiger partial charge in [-0.15, -0.1) is 0 Å². The van der Waals surface area contributed by atoms with Crippen LogP contribution in [0.25, 0.3) is 0 Å². The topological polar surface area (TPSA) is 53.9 Å². The first-order valence-corrected chi connectivity index (χ1v) is 6.96. The molecule has 0 aromatic heterocycles. The highest BCUT2D eigenvalue weighted by Gasteiger charge is 2.19. The van der Waals surface area contributed by atoms with Gasteiger partial charge in [0.1, 0.15) is 0 Å². The van der Waals surface area contributed by atoms with Crippen LogP contribution in [-0.2, 0) is 9.53 Å². The Bertz CT molecular complexity index is 508. The molecule has 7 heteroatoms. The molecular formula is C13H15Cl2N3O2. The fraction of sp³-hybridized carbons (Fsp3) is 0.385. The number of nitrogens with one attached hydrogen (secondary N) is 1. The van der Waals surface area contributed by atoms with Crippen molar-refractivity contribution < 1.29 is 9.53 Å². The number of halogens is 2. The van der Waals surface area contributed by atoms with Crippen LogP contribution in [0.3, 0.4) is 0 Å². The number of para-hydroxylation sites is 1. The molecule has 1 saturated heterocycles. The van der Waals surface area contributed by atoms with E-state index in [0.717, 1.165) is 0 Å². The van der Waals surface area contributed by atoms with Gasteiger partial charge in [0.15, 0.2) is 11.6 Å². The van der Waals surface area contributed by atoms with Gasteiger partial charge in [-0.3, -0.25) is 10.2 Å². The van der Waals surface area contributed by atoms with Crippen LogP contribution in [0.15, 0.2) is 23.3 Å². The quantitative estimate of drug-likeness (QED) is 0.529. The van der Waals surface area contributed by atoms with Crippen LogP contribution >= 0.6 is 23.2 Å². The Labute approximate surface area is 127 Å². The molecule has 1 aromatic rings. The Kier molecular flexibility index (Phi) is 5.23. The summed E-state index contributed by atoms with van der Waals surface area (Å²) < 4.78 is 5.26. The summed E-state index contributed by atoms with van der Waals surface area (Å²) in [5.74, 6) is 0.229. The van der Waals surface area contributed by atoms with E-state index in [-0.39, 0.29) is 5.78 Å². The molecule has 1 fully saturated rings. The number of hydrogen-bond donors (Lipinski definition) is 1. The average molecular weight is 316 g/mol. The van der Waals surface area contributed by atoms with Gasteiger partial charge >= 0.3 is 0 Å². The number of amidine groups is 1. The summed E-state index contributed by atoms with van der Waals surface area (Å²) in [5.41, 5.74) is 3.27. The van der Waals surface area contributed by atoms with Crippen molar-refractivity contribution in [1.29, 1.82) is 0 Å². The van der Waals surface area contributed by atoms with Crippen LogP contribution in [0.2, 0.25) is 10.0 Å². The van der Waals surface area contributed by atoms with E-state index in [1.54, 1.807) is 18.2 Å². The highest BCUT2D eigenvalue weighted by atomic mass is 35.5. The number of benzene rings is 1. The third-order valence-electron chi connectivity index (χ3n) is 2.86. The molecule has 1 N–H and O–H groups in total. The lowest BCUT2D eigenvalue weighted by Gasteiger charge is -2.28. The molecule has 2 rings (SSSR count). The van der Waals surface area contributed by atoms with Crippen LogP contribution < -0.4 is 5.43 Å². The molecule has 0 unspecified atom stereocenters. The molecule has 0 aliphatic carbocycles. The van der Waals surface area contributed by atoms with E-state index < -0.39 is 0 Å². The number of Topliss-reactive ketones (excluding diaryl/α,β-unsaturated/α-hetero) is 1. The number of anilines is 1. The molecule has 1 aromatic carbocycles. The van der Waals surface area contributed by atoms with E-state index >= 15 is 0 Å². The minimum atomic E-state index is -0.123. The summed E-state index contributed by atoms with van der Waals surface area (Å²) in [6, 6.07) is 5.15. The normalized spacial score (nSPS) is 16.1. The Hall–Kier alpha value is -1.30. The summed E-state index contributed by atoms with van der Waals surface area (Å²) in [6.07, 6.45) is 0. The third kappa shape index (κ3) is 3.62. The summed E-state index contributed by atoms with van der Waals surface area (Å²) in [7, 11) is 0. The second-order valence-electron chi connectivity index (χ2n) is 4.30. The Balaban J connectivity index is 2.19.